The van der Waals surface area contributed by atoms with Gasteiger partial charge in [0.1, 0.15) is 42.0 Å². The molecule has 1 aromatic rings. The Labute approximate surface area is 382 Å². The lowest BCUT2D eigenvalue weighted by molar-refractivity contribution is -0.136. The zero-order valence-electron chi connectivity index (χ0n) is 37.3. The average Bonchev–Trinajstić information content (AvgIpc) is 3.23. The van der Waals surface area contributed by atoms with Crippen molar-refractivity contribution >= 4 is 65.1 Å². The molecule has 0 spiro atoms. The van der Waals surface area contributed by atoms with E-state index in [1.54, 1.807) is 26.0 Å². The van der Waals surface area contributed by atoms with E-state index in [0.717, 1.165) is 0 Å². The van der Waals surface area contributed by atoms with E-state index in [1.807, 2.05) is 0 Å². The summed E-state index contributed by atoms with van der Waals surface area (Å²) in [5.74, 6) is -7.12. The molecule has 0 saturated carbocycles. The van der Waals surface area contributed by atoms with E-state index in [1.165, 1.54) is 12.1 Å². The first-order chi connectivity index (χ1) is 31.1. The van der Waals surface area contributed by atoms with Crippen LogP contribution < -0.4 is 77.4 Å². The highest BCUT2D eigenvalue weighted by molar-refractivity contribution is 5.97. The molecule has 26 nitrogen and oxygen atoms in total. The van der Waals surface area contributed by atoms with Gasteiger partial charge in [-0.1, -0.05) is 26.0 Å². The lowest BCUT2D eigenvalue weighted by atomic mass is 10.0. The van der Waals surface area contributed by atoms with Crippen molar-refractivity contribution in [3.05, 3.63) is 29.8 Å². The molecule has 22 N–H and O–H groups in total. The van der Waals surface area contributed by atoms with Crippen molar-refractivity contribution in [1.82, 2.24) is 37.2 Å². The molecule has 1 aromatic carbocycles. The number of nitrogens with zero attached hydrogens (tertiary/aromatic N) is 3. The maximum Gasteiger partial charge on any atom is 0.243 e. The molecule has 366 valence electrons. The van der Waals surface area contributed by atoms with E-state index in [9.17, 15) is 43.5 Å². The van der Waals surface area contributed by atoms with Crippen LogP contribution in [0.5, 0.6) is 5.75 Å². The zero-order valence-corrected chi connectivity index (χ0v) is 37.3. The molecule has 1 heterocycles. The maximum absolute atomic E-state index is 14.2. The second-order valence-electron chi connectivity index (χ2n) is 16.0. The normalized spacial score (nSPS) is 18.3. The summed E-state index contributed by atoms with van der Waals surface area (Å²) in [6.45, 7) is 3.32. The molecule has 2 rings (SSSR count). The van der Waals surface area contributed by atoms with Gasteiger partial charge in [-0.3, -0.25) is 53.3 Å². The van der Waals surface area contributed by atoms with Crippen LogP contribution >= 0.6 is 0 Å². The Balaban J connectivity index is 2.44. The molecule has 0 radical (unpaired) electrons. The maximum atomic E-state index is 14.2. The van der Waals surface area contributed by atoms with E-state index in [-0.39, 0.29) is 113 Å². The van der Waals surface area contributed by atoms with E-state index in [4.69, 9.17) is 40.1 Å². The molecule has 0 bridgehead atoms. The van der Waals surface area contributed by atoms with Gasteiger partial charge in [0.2, 0.25) is 47.3 Å². The quantitative estimate of drug-likeness (QED) is 0.0277. The monoisotopic (exact) mass is 930 g/mol. The van der Waals surface area contributed by atoms with E-state index >= 15 is 0 Å². The van der Waals surface area contributed by atoms with E-state index < -0.39 is 90.1 Å². The predicted molar refractivity (Wildman–Crippen MR) is 244 cm³/mol. The molecule has 0 unspecified atom stereocenters. The van der Waals surface area contributed by atoms with Crippen LogP contribution in [0.25, 0.3) is 0 Å². The average molecular weight is 930 g/mol. The van der Waals surface area contributed by atoms with Crippen LogP contribution in [0.2, 0.25) is 0 Å². The lowest BCUT2D eigenvalue weighted by Gasteiger charge is -2.28. The third-order valence-corrected chi connectivity index (χ3v) is 9.87. The summed E-state index contributed by atoms with van der Waals surface area (Å²) < 4.78 is 0. The van der Waals surface area contributed by atoms with Crippen molar-refractivity contribution in [2.24, 2.45) is 61.0 Å². The Morgan fingerprint density at radius 1 is 0.682 bits per heavy atom. The molecule has 66 heavy (non-hydrogen) atoms. The number of aliphatic imine (C=N–C) groups is 3. The number of hydrogen-bond acceptors (Lipinski definition) is 12. The van der Waals surface area contributed by atoms with E-state index in [0.29, 0.717) is 5.56 Å². The molecule has 1 fully saturated rings. The van der Waals surface area contributed by atoms with Crippen molar-refractivity contribution in [2.45, 2.75) is 114 Å². The Hall–Kier alpha value is -7.41. The van der Waals surface area contributed by atoms with Gasteiger partial charge in [-0.2, -0.15) is 0 Å². The van der Waals surface area contributed by atoms with Gasteiger partial charge in [0.25, 0.3) is 0 Å². The molecule has 6 atom stereocenters. The summed E-state index contributed by atoms with van der Waals surface area (Å²) in [5.41, 5.74) is 38.8. The first-order valence-corrected chi connectivity index (χ1v) is 21.5. The number of primary amides is 1. The van der Waals surface area contributed by atoms with Crippen LogP contribution in [-0.4, -0.2) is 133 Å². The second kappa shape index (κ2) is 28.4. The van der Waals surface area contributed by atoms with Crippen molar-refractivity contribution in [3.8, 4) is 5.75 Å². The van der Waals surface area contributed by atoms with Crippen molar-refractivity contribution < 1.29 is 43.5 Å². The number of nitrogens with one attached hydrogen (secondary N) is 7. The topological polar surface area (TPSA) is 460 Å². The van der Waals surface area contributed by atoms with Gasteiger partial charge in [-0.15, -0.1) is 0 Å². The second-order valence-corrected chi connectivity index (χ2v) is 16.0. The number of benzene rings is 1. The Kier molecular flexibility index (Phi) is 23.5. The zero-order chi connectivity index (χ0) is 49.3. The fourth-order valence-corrected chi connectivity index (χ4v) is 6.53. The molecular formula is C40H67N17O9. The number of rotatable bonds is 23. The standard InChI is InChI=1S/C40H67N17O9/c1-21(2)18-29(37(66)54-26(8-5-17-50-40(46)47)35(64)56-28(32(41)61)19-22-9-11-23(58)12-10-22)57-36(65)27-13-14-30(59)51-20-31(60)52-24(6-3-15-48-38(42)43)33(62)53-25(34(63)55-27)7-4-16-49-39(44)45/h9-12,21,24-29,58H,3-8,13-20H2,1-2H3,(H2,41,61)(H,51,59)(H,52,60)(H,53,62)(H,54,66)(H,55,63)(H,56,64)(H,57,65)(H4,42,43,48)(H4,44,45,49)(H4,46,47,50)/t24-,25+,26+,27+,28+,29+/m1/s1. The minimum Gasteiger partial charge on any atom is -0.508 e. The van der Waals surface area contributed by atoms with E-state index in [2.05, 4.69) is 52.2 Å². The molecule has 0 aliphatic carbocycles. The van der Waals surface area contributed by atoms with Crippen LogP contribution in [0.4, 0.5) is 0 Å². The van der Waals surface area contributed by atoms with Crippen molar-refractivity contribution in [1.29, 1.82) is 0 Å². The first-order valence-electron chi connectivity index (χ1n) is 21.5. The highest BCUT2D eigenvalue weighted by Gasteiger charge is 2.34. The fourth-order valence-electron chi connectivity index (χ4n) is 6.53. The summed E-state index contributed by atoms with van der Waals surface area (Å²) in [4.78, 5) is 120. The molecule has 0 aromatic heterocycles. The third kappa shape index (κ3) is 21.8. The first kappa shape index (κ1) is 54.7. The number of carbonyl (C=O) groups is 8. The van der Waals surface area contributed by atoms with Gasteiger partial charge in [0.05, 0.1) is 6.54 Å². The third-order valence-electron chi connectivity index (χ3n) is 9.87. The summed E-state index contributed by atoms with van der Waals surface area (Å²) in [5, 5.41) is 27.8. The van der Waals surface area contributed by atoms with Crippen LogP contribution in [0.3, 0.4) is 0 Å². The fraction of sp³-hybridized carbons (Fsp3) is 0.575. The minimum absolute atomic E-state index is 0.0126. The van der Waals surface area contributed by atoms with Gasteiger partial charge >= 0.3 is 0 Å². The van der Waals surface area contributed by atoms with Crippen molar-refractivity contribution in [3.63, 3.8) is 0 Å². The predicted octanol–water partition coefficient (Wildman–Crippen LogP) is -5.55. The summed E-state index contributed by atoms with van der Waals surface area (Å²) in [6, 6.07) is -1.90. The van der Waals surface area contributed by atoms with Crippen LogP contribution in [0, 0.1) is 5.92 Å². The number of phenols is 1. The summed E-state index contributed by atoms with van der Waals surface area (Å²) in [7, 11) is 0. The van der Waals surface area contributed by atoms with Gasteiger partial charge in [0, 0.05) is 32.5 Å². The molecule has 1 saturated heterocycles. The van der Waals surface area contributed by atoms with Gasteiger partial charge in [0.15, 0.2) is 17.9 Å². The molecule has 1 aliphatic heterocycles. The number of nitrogens with two attached hydrogens (primary N) is 7. The van der Waals surface area contributed by atoms with Gasteiger partial charge < -0.3 is 82.5 Å². The highest BCUT2D eigenvalue weighted by Crippen LogP contribution is 2.13. The Bertz CT molecular complexity index is 1910. The van der Waals surface area contributed by atoms with Gasteiger partial charge in [-0.25, -0.2) is 0 Å². The number of aromatic hydroxyl groups is 1. The molecule has 1 aliphatic rings. The van der Waals surface area contributed by atoms with Crippen LogP contribution in [-0.2, 0) is 44.8 Å². The number of amides is 8. The van der Waals surface area contributed by atoms with Crippen LogP contribution in [0.1, 0.15) is 77.2 Å². The lowest BCUT2D eigenvalue weighted by Crippen LogP contribution is -2.60. The smallest absolute Gasteiger partial charge is 0.243 e. The van der Waals surface area contributed by atoms with Crippen molar-refractivity contribution in [2.75, 3.05) is 26.2 Å². The Morgan fingerprint density at radius 2 is 1.20 bits per heavy atom. The molecule has 26 heteroatoms. The highest BCUT2D eigenvalue weighted by atomic mass is 16.3. The largest absolute Gasteiger partial charge is 0.508 e. The Morgan fingerprint density at radius 3 is 1.74 bits per heavy atom. The summed E-state index contributed by atoms with van der Waals surface area (Å²) in [6.07, 6.45) is -0.0719. The molecule has 8 amide bonds. The molecular weight excluding hydrogens is 863 g/mol. The number of hydrogen-bond donors (Lipinski definition) is 15. The van der Waals surface area contributed by atoms with Gasteiger partial charge in [-0.05, 0) is 75.0 Å². The minimum atomic E-state index is -1.47. The SMILES string of the molecule is CC(C)C[C@H](NC(=O)[C@@H]1CCC(=O)NCC(=O)N[C@H](CCCN=C(N)N)C(=O)N[C@@H](CCCN=C(N)N)C(=O)N1)C(=O)N[C@@H](CCCN=C(N)N)C(=O)N[C@@H](Cc1ccc(O)cc1)C(N)=O. The number of guanidine groups is 3. The van der Waals surface area contributed by atoms with Crippen LogP contribution in [0.15, 0.2) is 39.2 Å². The number of carbonyl (C=O) groups excluding carboxylic acids is 8. The number of phenolic OH excluding ortho intramolecular Hbond substituents is 1. The summed E-state index contributed by atoms with van der Waals surface area (Å²) >= 11 is 0.